The summed E-state index contributed by atoms with van der Waals surface area (Å²) in [7, 11) is 1.95. The van der Waals surface area contributed by atoms with E-state index in [1.54, 1.807) is 13.8 Å². The molecule has 0 unspecified atom stereocenters. The molecule has 150 valence electrons. The number of aromatic nitrogens is 1. The largest absolute Gasteiger partial charge is 0.352 e. The first kappa shape index (κ1) is 21.2. The lowest BCUT2D eigenvalue weighted by molar-refractivity contribution is -0.122. The highest BCUT2D eigenvalue weighted by Gasteiger charge is 2.26. The first-order chi connectivity index (χ1) is 12.7. The van der Waals surface area contributed by atoms with E-state index in [9.17, 15) is 14.4 Å². The van der Waals surface area contributed by atoms with Crippen molar-refractivity contribution in [2.45, 2.75) is 53.1 Å². The third kappa shape index (κ3) is 5.19. The molecule has 2 heterocycles. The van der Waals surface area contributed by atoms with Crippen LogP contribution in [0.2, 0.25) is 0 Å². The molecular formula is C20H32N4O3. The summed E-state index contributed by atoms with van der Waals surface area (Å²) in [6.45, 7) is 9.61. The number of carbonyl (C=O) groups is 2. The molecule has 2 N–H and O–H groups in total. The fraction of sp³-hybridized carbons (Fsp3) is 0.650. The van der Waals surface area contributed by atoms with Crippen LogP contribution < -0.4 is 16.2 Å². The van der Waals surface area contributed by atoms with E-state index in [0.717, 1.165) is 32.5 Å². The van der Waals surface area contributed by atoms with Gasteiger partial charge in [0.05, 0.1) is 5.56 Å². The van der Waals surface area contributed by atoms with Gasteiger partial charge in [0.2, 0.25) is 5.91 Å². The van der Waals surface area contributed by atoms with Crippen LogP contribution in [0.15, 0.2) is 10.9 Å². The van der Waals surface area contributed by atoms with Gasteiger partial charge in [-0.15, -0.1) is 0 Å². The highest BCUT2D eigenvalue weighted by Crippen LogP contribution is 2.21. The van der Waals surface area contributed by atoms with Crippen molar-refractivity contribution >= 4 is 11.8 Å². The second-order valence-electron chi connectivity index (χ2n) is 7.73. The third-order valence-electron chi connectivity index (χ3n) is 5.13. The minimum Gasteiger partial charge on any atom is -0.352 e. The lowest BCUT2D eigenvalue weighted by Crippen LogP contribution is -2.42. The van der Waals surface area contributed by atoms with Crippen LogP contribution in [0.1, 0.15) is 48.3 Å². The van der Waals surface area contributed by atoms with E-state index in [4.69, 9.17) is 0 Å². The maximum atomic E-state index is 13.1. The van der Waals surface area contributed by atoms with Gasteiger partial charge in [-0.2, -0.15) is 0 Å². The topological polar surface area (TPSA) is 83.4 Å². The third-order valence-corrected chi connectivity index (χ3v) is 5.13. The fourth-order valence-electron chi connectivity index (χ4n) is 3.74. The Labute approximate surface area is 161 Å². The molecule has 0 bridgehead atoms. The summed E-state index contributed by atoms with van der Waals surface area (Å²) in [5.41, 5.74) is 1.51. The van der Waals surface area contributed by atoms with Gasteiger partial charge in [-0.25, -0.2) is 0 Å². The SMILES string of the molecule is CNCC1CCN(C(=O)c2c(C)cc(=O)n(CC(=O)NC(C)C)c2C)CC1. The van der Waals surface area contributed by atoms with Crippen LogP contribution in [-0.4, -0.2) is 54.0 Å². The number of pyridine rings is 1. The van der Waals surface area contributed by atoms with Crippen LogP contribution in [0, 0.1) is 19.8 Å². The average Bonchev–Trinajstić information content (AvgIpc) is 2.58. The van der Waals surface area contributed by atoms with E-state index in [2.05, 4.69) is 10.6 Å². The second kappa shape index (κ2) is 9.17. The summed E-state index contributed by atoms with van der Waals surface area (Å²) >= 11 is 0. The van der Waals surface area contributed by atoms with Gasteiger partial charge in [-0.1, -0.05) is 0 Å². The van der Waals surface area contributed by atoms with E-state index in [0.29, 0.717) is 22.7 Å². The molecule has 1 aromatic heterocycles. The number of carbonyl (C=O) groups excluding carboxylic acids is 2. The Hall–Kier alpha value is -2.15. The van der Waals surface area contributed by atoms with Gasteiger partial charge in [-0.3, -0.25) is 14.4 Å². The van der Waals surface area contributed by atoms with Crippen LogP contribution in [0.5, 0.6) is 0 Å². The Bertz CT molecular complexity index is 746. The first-order valence-corrected chi connectivity index (χ1v) is 9.68. The lowest BCUT2D eigenvalue weighted by Gasteiger charge is -2.33. The molecule has 1 aromatic rings. The van der Waals surface area contributed by atoms with Crippen LogP contribution in [-0.2, 0) is 11.3 Å². The van der Waals surface area contributed by atoms with E-state index in [-0.39, 0.29) is 30.0 Å². The van der Waals surface area contributed by atoms with E-state index < -0.39 is 0 Å². The molecule has 0 saturated carbocycles. The zero-order chi connectivity index (χ0) is 20.1. The molecule has 0 aliphatic carbocycles. The monoisotopic (exact) mass is 376 g/mol. The quantitative estimate of drug-likeness (QED) is 0.778. The van der Waals surface area contributed by atoms with Crippen LogP contribution in [0.4, 0.5) is 0 Å². The Morgan fingerprint density at radius 3 is 2.41 bits per heavy atom. The highest BCUT2D eigenvalue weighted by molar-refractivity contribution is 5.96. The standard InChI is InChI=1S/C20H32N4O3/c1-13(2)22-17(25)12-24-15(4)19(14(3)10-18(24)26)20(27)23-8-6-16(7-9-23)11-21-5/h10,13,16,21H,6-9,11-12H2,1-5H3,(H,22,25). The number of likely N-dealkylation sites (tertiary alicyclic amines) is 1. The first-order valence-electron chi connectivity index (χ1n) is 9.68. The lowest BCUT2D eigenvalue weighted by atomic mass is 9.95. The summed E-state index contributed by atoms with van der Waals surface area (Å²) in [6.07, 6.45) is 1.95. The molecule has 0 spiro atoms. The minimum absolute atomic E-state index is 0.000958. The van der Waals surface area contributed by atoms with Crippen molar-refractivity contribution in [2.24, 2.45) is 5.92 Å². The predicted molar refractivity (Wildman–Crippen MR) is 106 cm³/mol. The minimum atomic E-state index is -0.256. The Morgan fingerprint density at radius 1 is 1.22 bits per heavy atom. The van der Waals surface area contributed by atoms with Crippen molar-refractivity contribution in [3.05, 3.63) is 33.2 Å². The number of nitrogens with zero attached hydrogens (tertiary/aromatic N) is 2. The Morgan fingerprint density at radius 2 is 1.85 bits per heavy atom. The molecular weight excluding hydrogens is 344 g/mol. The number of hydrogen-bond acceptors (Lipinski definition) is 4. The van der Waals surface area contributed by atoms with Crippen LogP contribution >= 0.6 is 0 Å². The van der Waals surface area contributed by atoms with Crippen molar-refractivity contribution in [3.63, 3.8) is 0 Å². The highest BCUT2D eigenvalue weighted by atomic mass is 16.2. The normalized spacial score (nSPS) is 15.3. The van der Waals surface area contributed by atoms with E-state index >= 15 is 0 Å². The van der Waals surface area contributed by atoms with Gasteiger partial charge in [0, 0.05) is 30.9 Å². The van der Waals surface area contributed by atoms with Gasteiger partial charge >= 0.3 is 0 Å². The number of nitrogens with one attached hydrogen (secondary N) is 2. The molecule has 7 nitrogen and oxygen atoms in total. The smallest absolute Gasteiger partial charge is 0.255 e. The molecule has 1 saturated heterocycles. The molecule has 7 heteroatoms. The summed E-state index contributed by atoms with van der Waals surface area (Å²) in [5.74, 6) is 0.311. The maximum absolute atomic E-state index is 13.1. The van der Waals surface area contributed by atoms with Crippen molar-refractivity contribution in [1.29, 1.82) is 0 Å². The molecule has 0 aromatic carbocycles. The number of rotatable bonds is 6. The van der Waals surface area contributed by atoms with Crippen LogP contribution in [0.25, 0.3) is 0 Å². The molecule has 27 heavy (non-hydrogen) atoms. The Kier molecular flexibility index (Phi) is 7.18. The van der Waals surface area contributed by atoms with E-state index in [1.165, 1.54) is 10.6 Å². The number of hydrogen-bond donors (Lipinski definition) is 2. The predicted octanol–water partition coefficient (Wildman–Crippen LogP) is 1.06. The van der Waals surface area contributed by atoms with Crippen molar-refractivity contribution < 1.29 is 9.59 Å². The van der Waals surface area contributed by atoms with Gasteiger partial charge in [0.15, 0.2) is 0 Å². The fourth-order valence-corrected chi connectivity index (χ4v) is 3.74. The Balaban J connectivity index is 2.24. The van der Waals surface area contributed by atoms with Gasteiger partial charge < -0.3 is 20.1 Å². The van der Waals surface area contributed by atoms with E-state index in [1.807, 2.05) is 25.8 Å². The van der Waals surface area contributed by atoms with Gasteiger partial charge in [0.1, 0.15) is 6.54 Å². The molecule has 0 radical (unpaired) electrons. The van der Waals surface area contributed by atoms with Gasteiger partial charge in [0.25, 0.3) is 11.5 Å². The zero-order valence-corrected chi connectivity index (χ0v) is 17.1. The summed E-state index contributed by atoms with van der Waals surface area (Å²) in [6, 6.07) is 1.45. The van der Waals surface area contributed by atoms with Crippen LogP contribution in [0.3, 0.4) is 0 Å². The zero-order valence-electron chi connectivity index (χ0n) is 17.1. The maximum Gasteiger partial charge on any atom is 0.255 e. The van der Waals surface area contributed by atoms with Crippen molar-refractivity contribution in [1.82, 2.24) is 20.1 Å². The average molecular weight is 377 g/mol. The summed E-state index contributed by atoms with van der Waals surface area (Å²) in [5, 5.41) is 5.99. The molecule has 2 rings (SSSR count). The molecule has 2 amide bonds. The molecule has 1 aliphatic rings. The number of piperidine rings is 1. The number of amides is 2. The second-order valence-corrected chi connectivity index (χ2v) is 7.73. The summed E-state index contributed by atoms with van der Waals surface area (Å²) < 4.78 is 1.39. The summed E-state index contributed by atoms with van der Waals surface area (Å²) in [4.78, 5) is 39.5. The number of aryl methyl sites for hydroxylation is 1. The van der Waals surface area contributed by atoms with Crippen molar-refractivity contribution in [3.8, 4) is 0 Å². The van der Waals surface area contributed by atoms with Gasteiger partial charge in [-0.05, 0) is 65.6 Å². The molecule has 0 atom stereocenters. The molecule has 1 fully saturated rings. The van der Waals surface area contributed by atoms with Crippen molar-refractivity contribution in [2.75, 3.05) is 26.7 Å². The molecule has 1 aliphatic heterocycles.